The van der Waals surface area contributed by atoms with Gasteiger partial charge in [-0.3, -0.25) is 4.79 Å². The molecular formula is C18H21NO5. The van der Waals surface area contributed by atoms with Crippen LogP contribution in [0, 0.1) is 13.8 Å². The van der Waals surface area contributed by atoms with Gasteiger partial charge < -0.3 is 19.6 Å². The number of aliphatic hydroxyl groups is 1. The summed E-state index contributed by atoms with van der Waals surface area (Å²) in [7, 11) is 1.54. The van der Waals surface area contributed by atoms with Gasteiger partial charge in [-0.1, -0.05) is 0 Å². The number of Topliss-reactive ketones (excluding diaryl/α,β-unsaturated/α-hetero) is 1. The lowest BCUT2D eigenvalue weighted by molar-refractivity contribution is 0.0468. The van der Waals surface area contributed by atoms with Crippen LogP contribution in [0.5, 0.6) is 5.75 Å². The van der Waals surface area contributed by atoms with Gasteiger partial charge in [0.25, 0.3) is 0 Å². The topological polar surface area (TPSA) is 88.6 Å². The number of hydrogen-bond acceptors (Lipinski definition) is 5. The van der Waals surface area contributed by atoms with E-state index >= 15 is 0 Å². The Balaban J connectivity index is 2.05. The monoisotopic (exact) mass is 331 g/mol. The van der Waals surface area contributed by atoms with Crippen LogP contribution in [-0.4, -0.2) is 35.6 Å². The predicted molar refractivity (Wildman–Crippen MR) is 88.5 cm³/mol. The van der Waals surface area contributed by atoms with Gasteiger partial charge in [0.1, 0.15) is 11.4 Å². The molecule has 24 heavy (non-hydrogen) atoms. The van der Waals surface area contributed by atoms with Gasteiger partial charge in [0.15, 0.2) is 12.4 Å². The van der Waals surface area contributed by atoms with E-state index in [4.69, 9.17) is 9.47 Å². The second-order valence-electron chi connectivity index (χ2n) is 5.57. The number of aromatic nitrogens is 1. The van der Waals surface area contributed by atoms with Gasteiger partial charge in [0.05, 0.1) is 13.2 Å². The van der Waals surface area contributed by atoms with Crippen molar-refractivity contribution in [3.05, 3.63) is 52.3 Å². The maximum absolute atomic E-state index is 12.2. The van der Waals surface area contributed by atoms with Crippen LogP contribution in [0.15, 0.2) is 24.3 Å². The zero-order valence-corrected chi connectivity index (χ0v) is 14.2. The molecule has 0 saturated carbocycles. The zero-order chi connectivity index (χ0) is 17.9. The Bertz CT molecular complexity index is 744. The molecular weight excluding hydrogens is 310 g/mol. The van der Waals surface area contributed by atoms with Crippen molar-refractivity contribution in [1.82, 2.24) is 4.98 Å². The highest BCUT2D eigenvalue weighted by molar-refractivity contribution is 5.99. The fraction of sp³-hybridized carbons (Fsp3) is 0.333. The standard InChI is InChI=1S/C18H21NO5/c1-10-16(12(3)20)11(2)19-17(10)18(22)24-9-15(21)13-5-7-14(23-4)8-6-13/h5-8,12,19-20H,9H2,1-4H3/t12-/m1/s1. The number of nitrogens with one attached hydrogen (secondary N) is 1. The van der Waals surface area contributed by atoms with E-state index in [-0.39, 0.29) is 18.1 Å². The molecule has 2 aromatic rings. The number of ether oxygens (including phenoxy) is 2. The minimum absolute atomic E-state index is 0.255. The second kappa shape index (κ2) is 7.31. The van der Waals surface area contributed by atoms with Gasteiger partial charge >= 0.3 is 5.97 Å². The predicted octanol–water partition coefficient (Wildman–Crippen LogP) is 2.73. The lowest BCUT2D eigenvalue weighted by Gasteiger charge is -2.06. The number of hydrogen-bond donors (Lipinski definition) is 2. The number of benzene rings is 1. The van der Waals surface area contributed by atoms with E-state index < -0.39 is 12.1 Å². The van der Waals surface area contributed by atoms with E-state index in [1.165, 1.54) is 0 Å². The number of aliphatic hydroxyl groups excluding tert-OH is 1. The van der Waals surface area contributed by atoms with Gasteiger partial charge in [-0.2, -0.15) is 0 Å². The molecule has 0 bridgehead atoms. The van der Waals surface area contributed by atoms with Crippen LogP contribution in [0.1, 0.15) is 50.7 Å². The Morgan fingerprint density at radius 1 is 1.21 bits per heavy atom. The summed E-state index contributed by atoms with van der Waals surface area (Å²) in [6.45, 7) is 4.78. The van der Waals surface area contributed by atoms with Crippen molar-refractivity contribution in [3.63, 3.8) is 0 Å². The minimum atomic E-state index is -0.691. The first-order chi connectivity index (χ1) is 11.3. The number of H-pyrrole nitrogens is 1. The SMILES string of the molecule is COc1ccc(C(=O)COC(=O)c2[nH]c(C)c([C@@H](C)O)c2C)cc1. The third kappa shape index (κ3) is 3.65. The second-order valence-corrected chi connectivity index (χ2v) is 5.57. The molecule has 128 valence electrons. The third-order valence-electron chi connectivity index (χ3n) is 3.86. The molecule has 0 saturated heterocycles. The number of aryl methyl sites for hydroxylation is 1. The summed E-state index contributed by atoms with van der Waals surface area (Å²) in [6, 6.07) is 6.57. The van der Waals surface area contributed by atoms with Crippen molar-refractivity contribution >= 4 is 11.8 Å². The lowest BCUT2D eigenvalue weighted by Crippen LogP contribution is -2.15. The van der Waals surface area contributed by atoms with Gasteiger partial charge in [-0.25, -0.2) is 4.79 Å². The van der Waals surface area contributed by atoms with Crippen molar-refractivity contribution in [1.29, 1.82) is 0 Å². The summed E-state index contributed by atoms with van der Waals surface area (Å²) in [6.07, 6.45) is -0.691. The highest BCUT2D eigenvalue weighted by Crippen LogP contribution is 2.24. The molecule has 1 aromatic carbocycles. The first kappa shape index (κ1) is 17.7. The van der Waals surface area contributed by atoms with Gasteiger partial charge in [-0.05, 0) is 50.6 Å². The lowest BCUT2D eigenvalue weighted by atomic mass is 10.1. The average molecular weight is 331 g/mol. The summed E-state index contributed by atoms with van der Waals surface area (Å²) < 4.78 is 10.1. The van der Waals surface area contributed by atoms with Crippen molar-refractivity contribution < 1.29 is 24.2 Å². The molecule has 0 spiro atoms. The maximum Gasteiger partial charge on any atom is 0.355 e. The number of esters is 1. The van der Waals surface area contributed by atoms with Crippen molar-refractivity contribution in [2.75, 3.05) is 13.7 Å². The molecule has 0 aliphatic heterocycles. The quantitative estimate of drug-likeness (QED) is 0.627. The number of methoxy groups -OCH3 is 1. The highest BCUT2D eigenvalue weighted by Gasteiger charge is 2.21. The normalized spacial score (nSPS) is 11.9. The Hall–Kier alpha value is -2.60. The average Bonchev–Trinajstić information content (AvgIpc) is 2.87. The highest BCUT2D eigenvalue weighted by atomic mass is 16.5. The molecule has 1 atom stereocenters. The molecule has 0 unspecified atom stereocenters. The Kier molecular flexibility index (Phi) is 5.41. The van der Waals surface area contributed by atoms with Crippen molar-refractivity contribution in [3.8, 4) is 5.75 Å². The maximum atomic E-state index is 12.2. The van der Waals surface area contributed by atoms with Crippen molar-refractivity contribution in [2.45, 2.75) is 26.9 Å². The van der Waals surface area contributed by atoms with E-state index in [9.17, 15) is 14.7 Å². The van der Waals surface area contributed by atoms with E-state index in [1.807, 2.05) is 0 Å². The Labute approximate surface area is 140 Å². The van der Waals surface area contributed by atoms with Gasteiger partial charge in [0.2, 0.25) is 0 Å². The fourth-order valence-corrected chi connectivity index (χ4v) is 2.66. The summed E-state index contributed by atoms with van der Waals surface area (Å²) in [5.74, 6) is -0.279. The molecule has 0 radical (unpaired) electrons. The number of aromatic amines is 1. The van der Waals surface area contributed by atoms with Crippen LogP contribution >= 0.6 is 0 Å². The number of carbonyl (C=O) groups is 2. The molecule has 6 heteroatoms. The summed E-state index contributed by atoms with van der Waals surface area (Å²) in [5, 5.41) is 9.75. The molecule has 1 aromatic heterocycles. The van der Waals surface area contributed by atoms with Crippen LogP contribution in [0.2, 0.25) is 0 Å². The first-order valence-corrected chi connectivity index (χ1v) is 7.56. The molecule has 2 N–H and O–H groups in total. The number of ketones is 1. The molecule has 2 rings (SSSR count). The summed E-state index contributed by atoms with van der Waals surface area (Å²) >= 11 is 0. The third-order valence-corrected chi connectivity index (χ3v) is 3.86. The molecule has 0 aliphatic carbocycles. The molecule has 0 fully saturated rings. The van der Waals surface area contributed by atoms with Crippen LogP contribution < -0.4 is 4.74 Å². The van der Waals surface area contributed by atoms with E-state index in [0.717, 1.165) is 0 Å². The summed E-state index contributed by atoms with van der Waals surface area (Å²) in [5.41, 5.74) is 2.70. The fourth-order valence-electron chi connectivity index (χ4n) is 2.66. The smallest absolute Gasteiger partial charge is 0.355 e. The van der Waals surface area contributed by atoms with Gasteiger partial charge in [0, 0.05) is 16.8 Å². The van der Waals surface area contributed by atoms with Crippen LogP contribution in [0.25, 0.3) is 0 Å². The van der Waals surface area contributed by atoms with Crippen molar-refractivity contribution in [2.24, 2.45) is 0 Å². The van der Waals surface area contributed by atoms with Crippen LogP contribution in [0.3, 0.4) is 0 Å². The number of rotatable bonds is 6. The van der Waals surface area contributed by atoms with Crippen LogP contribution in [-0.2, 0) is 4.74 Å². The Morgan fingerprint density at radius 2 is 1.83 bits per heavy atom. The van der Waals surface area contributed by atoms with Crippen LogP contribution in [0.4, 0.5) is 0 Å². The van der Waals surface area contributed by atoms with Gasteiger partial charge in [-0.15, -0.1) is 0 Å². The first-order valence-electron chi connectivity index (χ1n) is 7.56. The summed E-state index contributed by atoms with van der Waals surface area (Å²) in [4.78, 5) is 27.2. The zero-order valence-electron chi connectivity index (χ0n) is 14.2. The van der Waals surface area contributed by atoms with E-state index in [1.54, 1.807) is 52.1 Å². The molecule has 6 nitrogen and oxygen atoms in total. The Morgan fingerprint density at radius 3 is 2.33 bits per heavy atom. The van der Waals surface area contributed by atoms with E-state index in [2.05, 4.69) is 4.98 Å². The molecule has 0 amide bonds. The van der Waals surface area contributed by atoms with E-state index in [0.29, 0.717) is 28.1 Å². The molecule has 1 heterocycles. The minimum Gasteiger partial charge on any atom is -0.497 e. The molecule has 0 aliphatic rings. The largest absolute Gasteiger partial charge is 0.497 e. The number of carbonyl (C=O) groups excluding carboxylic acids is 2.